The van der Waals surface area contributed by atoms with Crippen LogP contribution in [0, 0.1) is 0 Å². The van der Waals surface area contributed by atoms with Crippen molar-refractivity contribution in [1.82, 2.24) is 0 Å². The van der Waals surface area contributed by atoms with Gasteiger partial charge in [-0.3, -0.25) is 4.79 Å². The quantitative estimate of drug-likeness (QED) is 0.568. The largest absolute Gasteiger partial charge is 0.451 e. The summed E-state index contributed by atoms with van der Waals surface area (Å²) in [5.41, 5.74) is 7.24. The lowest BCUT2D eigenvalue weighted by atomic mass is 10.2. The lowest BCUT2D eigenvalue weighted by molar-refractivity contribution is 0.0997. The number of rotatable bonds is 3. The summed E-state index contributed by atoms with van der Waals surface area (Å²) in [7, 11) is 0. The molecule has 24 heavy (non-hydrogen) atoms. The Hall–Kier alpha value is -2.14. The van der Waals surface area contributed by atoms with Crippen molar-refractivity contribution in [3.8, 4) is 11.3 Å². The number of hydrogen-bond acceptors (Lipinski definition) is 3. The highest BCUT2D eigenvalue weighted by Crippen LogP contribution is 2.31. The predicted molar refractivity (Wildman–Crippen MR) is 98.0 cm³/mol. The Kier molecular flexibility index (Phi) is 4.71. The van der Waals surface area contributed by atoms with E-state index in [1.807, 2.05) is 0 Å². The lowest BCUT2D eigenvalue weighted by Crippen LogP contribution is -2.12. The maximum absolute atomic E-state index is 12.3. The van der Waals surface area contributed by atoms with Crippen LogP contribution in [0.15, 0.2) is 52.9 Å². The first-order valence-electron chi connectivity index (χ1n) is 6.86. The van der Waals surface area contributed by atoms with Crippen molar-refractivity contribution in [3.63, 3.8) is 0 Å². The summed E-state index contributed by atoms with van der Waals surface area (Å²) in [5.74, 6) is 0.155. The molecule has 0 spiro atoms. The first-order chi connectivity index (χ1) is 11.5. The Balaban J connectivity index is 1.85. The van der Waals surface area contributed by atoms with Gasteiger partial charge in [-0.15, -0.1) is 0 Å². The van der Waals surface area contributed by atoms with Crippen LogP contribution < -0.4 is 11.1 Å². The SMILES string of the molecule is Nc1cccc(Cl)c1NC(=O)c1ccc(-c2ccc(Cl)c(Cl)c2)o1. The summed E-state index contributed by atoms with van der Waals surface area (Å²) in [5, 5.41) is 3.84. The van der Waals surface area contributed by atoms with Crippen molar-refractivity contribution in [1.29, 1.82) is 0 Å². The van der Waals surface area contributed by atoms with Crippen LogP contribution in [0.1, 0.15) is 10.6 Å². The lowest BCUT2D eigenvalue weighted by Gasteiger charge is -2.08. The van der Waals surface area contributed by atoms with E-state index >= 15 is 0 Å². The molecule has 0 radical (unpaired) electrons. The molecule has 122 valence electrons. The number of para-hydroxylation sites is 1. The minimum Gasteiger partial charge on any atom is -0.451 e. The second-order valence-corrected chi connectivity index (χ2v) is 6.17. The van der Waals surface area contributed by atoms with E-state index in [0.29, 0.717) is 37.8 Å². The smallest absolute Gasteiger partial charge is 0.291 e. The second kappa shape index (κ2) is 6.77. The highest BCUT2D eigenvalue weighted by atomic mass is 35.5. The van der Waals surface area contributed by atoms with Gasteiger partial charge in [0.1, 0.15) is 5.76 Å². The van der Waals surface area contributed by atoms with Crippen LogP contribution in [0.5, 0.6) is 0 Å². The van der Waals surface area contributed by atoms with Crippen molar-refractivity contribution < 1.29 is 9.21 Å². The fourth-order valence-corrected chi connectivity index (χ4v) is 2.64. The maximum Gasteiger partial charge on any atom is 0.291 e. The topological polar surface area (TPSA) is 68.3 Å². The Morgan fingerprint density at radius 3 is 2.46 bits per heavy atom. The normalized spacial score (nSPS) is 10.6. The number of furan rings is 1. The van der Waals surface area contributed by atoms with Crippen molar-refractivity contribution >= 4 is 52.1 Å². The number of halogens is 3. The van der Waals surface area contributed by atoms with Crippen LogP contribution in [0.3, 0.4) is 0 Å². The Morgan fingerprint density at radius 2 is 1.75 bits per heavy atom. The molecule has 0 aliphatic rings. The average Bonchev–Trinajstić information content (AvgIpc) is 3.03. The van der Waals surface area contributed by atoms with Gasteiger partial charge in [0.2, 0.25) is 0 Å². The zero-order valence-corrected chi connectivity index (χ0v) is 14.4. The van der Waals surface area contributed by atoms with Crippen LogP contribution in [0.25, 0.3) is 11.3 Å². The molecule has 7 heteroatoms. The Bertz CT molecular complexity index is 902. The van der Waals surface area contributed by atoms with Crippen LogP contribution in [-0.2, 0) is 0 Å². The number of nitrogen functional groups attached to an aromatic ring is 1. The first kappa shape index (κ1) is 16.7. The van der Waals surface area contributed by atoms with Gasteiger partial charge in [0.15, 0.2) is 5.76 Å². The van der Waals surface area contributed by atoms with Gasteiger partial charge in [-0.05, 0) is 42.5 Å². The molecular formula is C17H11Cl3N2O2. The highest BCUT2D eigenvalue weighted by molar-refractivity contribution is 6.42. The Labute approximate surface area is 153 Å². The van der Waals surface area contributed by atoms with Gasteiger partial charge in [-0.1, -0.05) is 40.9 Å². The third kappa shape index (κ3) is 3.36. The molecule has 0 fully saturated rings. The number of nitrogens with two attached hydrogens (primary N) is 1. The van der Waals surface area contributed by atoms with E-state index < -0.39 is 5.91 Å². The van der Waals surface area contributed by atoms with E-state index in [1.165, 1.54) is 0 Å². The molecule has 1 amide bonds. The molecule has 0 aliphatic carbocycles. The number of benzene rings is 2. The molecule has 1 aromatic heterocycles. The molecule has 3 aromatic rings. The highest BCUT2D eigenvalue weighted by Gasteiger charge is 2.15. The van der Waals surface area contributed by atoms with Crippen LogP contribution in [-0.4, -0.2) is 5.91 Å². The zero-order chi connectivity index (χ0) is 17.3. The summed E-state index contributed by atoms with van der Waals surface area (Å²) in [6.45, 7) is 0. The maximum atomic E-state index is 12.3. The molecule has 4 nitrogen and oxygen atoms in total. The van der Waals surface area contributed by atoms with E-state index in [1.54, 1.807) is 48.5 Å². The van der Waals surface area contributed by atoms with Gasteiger partial charge < -0.3 is 15.5 Å². The van der Waals surface area contributed by atoms with Gasteiger partial charge in [-0.2, -0.15) is 0 Å². The summed E-state index contributed by atoms with van der Waals surface area (Å²) >= 11 is 17.9. The number of hydrogen-bond donors (Lipinski definition) is 2. The summed E-state index contributed by atoms with van der Waals surface area (Å²) in [6, 6.07) is 13.3. The zero-order valence-electron chi connectivity index (χ0n) is 12.1. The number of anilines is 2. The Morgan fingerprint density at radius 1 is 0.958 bits per heavy atom. The minimum absolute atomic E-state index is 0.121. The van der Waals surface area contributed by atoms with Gasteiger partial charge in [0, 0.05) is 5.56 Å². The van der Waals surface area contributed by atoms with Crippen molar-refractivity contribution in [2.24, 2.45) is 0 Å². The molecule has 0 aliphatic heterocycles. The molecule has 0 saturated heterocycles. The molecule has 3 rings (SSSR count). The van der Waals surface area contributed by atoms with Gasteiger partial charge >= 0.3 is 0 Å². The minimum atomic E-state index is -0.457. The summed E-state index contributed by atoms with van der Waals surface area (Å²) < 4.78 is 5.58. The van der Waals surface area contributed by atoms with Crippen LogP contribution >= 0.6 is 34.8 Å². The standard InChI is InChI=1S/C17H11Cl3N2O2/c18-10-5-4-9(8-12(10)20)14-6-7-15(24-14)17(23)22-16-11(19)2-1-3-13(16)21/h1-8H,21H2,(H,22,23). The van der Waals surface area contributed by atoms with Crippen molar-refractivity contribution in [2.45, 2.75) is 0 Å². The third-order valence-corrected chi connectivity index (χ3v) is 4.37. The fourth-order valence-electron chi connectivity index (χ4n) is 2.11. The van der Waals surface area contributed by atoms with E-state index in [-0.39, 0.29) is 5.76 Å². The van der Waals surface area contributed by atoms with E-state index in [9.17, 15) is 4.79 Å². The molecular weight excluding hydrogens is 371 g/mol. The monoisotopic (exact) mass is 380 g/mol. The molecule has 2 aromatic carbocycles. The molecule has 3 N–H and O–H groups in total. The number of amides is 1. The number of nitrogens with one attached hydrogen (secondary N) is 1. The predicted octanol–water partition coefficient (Wildman–Crippen LogP) is 5.74. The van der Waals surface area contributed by atoms with Crippen molar-refractivity contribution in [2.75, 3.05) is 11.1 Å². The van der Waals surface area contributed by atoms with Crippen LogP contribution in [0.2, 0.25) is 15.1 Å². The fraction of sp³-hybridized carbons (Fsp3) is 0. The average molecular weight is 382 g/mol. The molecule has 1 heterocycles. The van der Waals surface area contributed by atoms with Gasteiger partial charge in [-0.25, -0.2) is 0 Å². The summed E-state index contributed by atoms with van der Waals surface area (Å²) in [6.07, 6.45) is 0. The molecule has 0 atom stereocenters. The van der Waals surface area contributed by atoms with Crippen LogP contribution in [0.4, 0.5) is 11.4 Å². The van der Waals surface area contributed by atoms with Gasteiger partial charge in [0.25, 0.3) is 5.91 Å². The first-order valence-corrected chi connectivity index (χ1v) is 7.99. The molecule has 0 unspecified atom stereocenters. The second-order valence-electron chi connectivity index (χ2n) is 4.95. The molecule has 0 saturated carbocycles. The van der Waals surface area contributed by atoms with E-state index in [0.717, 1.165) is 0 Å². The third-order valence-electron chi connectivity index (χ3n) is 3.32. The summed E-state index contributed by atoms with van der Waals surface area (Å²) in [4.78, 5) is 12.3. The number of carbonyl (C=O) groups is 1. The van der Waals surface area contributed by atoms with Crippen molar-refractivity contribution in [3.05, 3.63) is 69.4 Å². The number of carbonyl (C=O) groups excluding carboxylic acids is 1. The van der Waals surface area contributed by atoms with Gasteiger partial charge in [0.05, 0.1) is 26.4 Å². The molecule has 0 bridgehead atoms. The van der Waals surface area contributed by atoms with E-state index in [4.69, 9.17) is 45.0 Å². The van der Waals surface area contributed by atoms with E-state index in [2.05, 4.69) is 5.32 Å².